The molecule has 0 bridgehead atoms. The molecule has 6 heteroatoms. The van der Waals surface area contributed by atoms with Crippen LogP contribution in [0.15, 0.2) is 36.5 Å². The maximum absolute atomic E-state index is 12.6. The van der Waals surface area contributed by atoms with E-state index in [1.165, 1.54) is 27.5 Å². The lowest BCUT2D eigenvalue weighted by Crippen LogP contribution is -2.18. The Balaban J connectivity index is 2.38. The zero-order chi connectivity index (χ0) is 15.2. The molecule has 0 aliphatic heterocycles. The highest BCUT2D eigenvalue weighted by Crippen LogP contribution is 2.25. The van der Waals surface area contributed by atoms with Crippen molar-refractivity contribution in [1.29, 1.82) is 0 Å². The molecule has 0 radical (unpaired) electrons. The van der Waals surface area contributed by atoms with E-state index < -0.39 is 6.10 Å². The van der Waals surface area contributed by atoms with E-state index in [-0.39, 0.29) is 23.2 Å². The molecule has 0 aliphatic carbocycles. The highest BCUT2D eigenvalue weighted by molar-refractivity contribution is 6.00. The molecule has 1 heterocycles. The predicted octanol–water partition coefficient (Wildman–Crippen LogP) is 2.06. The van der Waals surface area contributed by atoms with E-state index in [4.69, 9.17) is 14.2 Å². The molecule has 1 atom stereocenters. The molecule has 21 heavy (non-hydrogen) atoms. The number of carbonyl (C=O) groups excluding carboxylic acids is 1. The fourth-order valence-electron chi connectivity index (χ4n) is 1.91. The maximum atomic E-state index is 12.6. The molecule has 0 spiro atoms. The number of Topliss-reactive ketones (excluding diaryl/α,β-unsaturated/α-hetero) is 1. The molecule has 110 valence electrons. The monoisotopic (exact) mass is 288 g/mol. The van der Waals surface area contributed by atoms with E-state index in [0.29, 0.717) is 0 Å². The molecule has 0 aliphatic rings. The van der Waals surface area contributed by atoms with E-state index in [9.17, 15) is 4.79 Å². The van der Waals surface area contributed by atoms with Crippen molar-refractivity contribution < 1.29 is 19.0 Å². The van der Waals surface area contributed by atoms with Crippen LogP contribution in [0.3, 0.4) is 0 Å². The van der Waals surface area contributed by atoms with Gasteiger partial charge in [0.25, 0.3) is 0 Å². The summed E-state index contributed by atoms with van der Waals surface area (Å²) in [6.07, 6.45) is 0.607. The van der Waals surface area contributed by atoms with Crippen molar-refractivity contribution >= 4 is 5.78 Å². The molecular formula is C15H16N2O4. The number of benzene rings is 1. The van der Waals surface area contributed by atoms with Gasteiger partial charge in [-0.05, 0) is 5.56 Å². The molecule has 1 unspecified atom stereocenters. The first kappa shape index (κ1) is 14.9. The second-order valence-electron chi connectivity index (χ2n) is 4.16. The van der Waals surface area contributed by atoms with Gasteiger partial charge in [0.05, 0.1) is 20.4 Å². The van der Waals surface area contributed by atoms with Crippen molar-refractivity contribution in [3.63, 3.8) is 0 Å². The van der Waals surface area contributed by atoms with Gasteiger partial charge in [0, 0.05) is 7.11 Å². The topological polar surface area (TPSA) is 70.5 Å². The number of ketones is 1. The van der Waals surface area contributed by atoms with Gasteiger partial charge in [0.15, 0.2) is 5.69 Å². The standard InChI is InChI=1S/C15H16N2O4/c1-19-11-9-16-12(15(17-11)21-3)13(18)14(20-2)10-7-5-4-6-8-10/h4-9,14H,1-3H3. The zero-order valence-electron chi connectivity index (χ0n) is 12.1. The molecule has 0 saturated heterocycles. The normalized spacial score (nSPS) is 11.8. The molecule has 0 amide bonds. The first-order valence-corrected chi connectivity index (χ1v) is 6.28. The van der Waals surface area contributed by atoms with Crippen LogP contribution in [0.5, 0.6) is 11.8 Å². The van der Waals surface area contributed by atoms with Gasteiger partial charge in [0.2, 0.25) is 17.5 Å². The Hall–Kier alpha value is -2.47. The minimum atomic E-state index is -0.761. The Morgan fingerprint density at radius 1 is 1.10 bits per heavy atom. The zero-order valence-corrected chi connectivity index (χ0v) is 12.1. The van der Waals surface area contributed by atoms with Crippen molar-refractivity contribution in [1.82, 2.24) is 9.97 Å². The first-order chi connectivity index (χ1) is 10.2. The van der Waals surface area contributed by atoms with Gasteiger partial charge in [0.1, 0.15) is 6.10 Å². The Morgan fingerprint density at radius 2 is 1.81 bits per heavy atom. The smallest absolute Gasteiger partial charge is 0.246 e. The fourth-order valence-corrected chi connectivity index (χ4v) is 1.91. The number of methoxy groups -OCH3 is 3. The van der Waals surface area contributed by atoms with Crippen LogP contribution in [0, 0.1) is 0 Å². The third-order valence-corrected chi connectivity index (χ3v) is 2.93. The molecule has 2 aromatic rings. The van der Waals surface area contributed by atoms with Crippen molar-refractivity contribution in [3.05, 3.63) is 47.8 Å². The minimum Gasteiger partial charge on any atom is -0.480 e. The number of rotatable bonds is 6. The Labute approximate surface area is 122 Å². The van der Waals surface area contributed by atoms with Crippen LogP contribution in [-0.2, 0) is 4.74 Å². The SMILES string of the molecule is COc1cnc(C(=O)C(OC)c2ccccc2)c(OC)n1. The summed E-state index contributed by atoms with van der Waals surface area (Å²) < 4.78 is 15.4. The molecule has 2 rings (SSSR count). The van der Waals surface area contributed by atoms with Crippen molar-refractivity contribution in [2.24, 2.45) is 0 Å². The average molecular weight is 288 g/mol. The van der Waals surface area contributed by atoms with Crippen LogP contribution in [0.2, 0.25) is 0 Å². The summed E-state index contributed by atoms with van der Waals surface area (Å²) in [5.74, 6) is 0.0603. The third kappa shape index (κ3) is 3.17. The Morgan fingerprint density at radius 3 is 2.38 bits per heavy atom. The average Bonchev–Trinajstić information content (AvgIpc) is 2.55. The van der Waals surface area contributed by atoms with E-state index in [1.807, 2.05) is 30.3 Å². The lowest BCUT2D eigenvalue weighted by molar-refractivity contribution is 0.0595. The minimum absolute atomic E-state index is 0.106. The van der Waals surface area contributed by atoms with Crippen molar-refractivity contribution in [2.75, 3.05) is 21.3 Å². The summed E-state index contributed by atoms with van der Waals surface area (Å²) in [6, 6.07) is 9.18. The van der Waals surface area contributed by atoms with Crippen molar-refractivity contribution in [2.45, 2.75) is 6.10 Å². The molecule has 1 aromatic carbocycles. The summed E-state index contributed by atoms with van der Waals surface area (Å²) >= 11 is 0. The quantitative estimate of drug-likeness (QED) is 0.758. The number of nitrogens with zero attached hydrogens (tertiary/aromatic N) is 2. The van der Waals surface area contributed by atoms with Crippen LogP contribution in [0.4, 0.5) is 0 Å². The van der Waals surface area contributed by atoms with E-state index in [0.717, 1.165) is 5.56 Å². The Kier molecular flexibility index (Phi) is 4.84. The van der Waals surface area contributed by atoms with Crippen molar-refractivity contribution in [3.8, 4) is 11.8 Å². The summed E-state index contributed by atoms with van der Waals surface area (Å²) in [5.41, 5.74) is 0.846. The largest absolute Gasteiger partial charge is 0.480 e. The Bertz CT molecular complexity index is 616. The predicted molar refractivity (Wildman–Crippen MR) is 75.7 cm³/mol. The van der Waals surface area contributed by atoms with Gasteiger partial charge in [-0.1, -0.05) is 30.3 Å². The second kappa shape index (κ2) is 6.81. The highest BCUT2D eigenvalue weighted by Gasteiger charge is 2.27. The number of ether oxygens (including phenoxy) is 3. The molecular weight excluding hydrogens is 272 g/mol. The van der Waals surface area contributed by atoms with Crippen LogP contribution >= 0.6 is 0 Å². The molecule has 1 aromatic heterocycles. The highest BCUT2D eigenvalue weighted by atomic mass is 16.5. The number of hydrogen-bond donors (Lipinski definition) is 0. The van der Waals surface area contributed by atoms with Gasteiger partial charge < -0.3 is 14.2 Å². The summed E-state index contributed by atoms with van der Waals surface area (Å²) in [6.45, 7) is 0. The van der Waals surface area contributed by atoms with E-state index in [2.05, 4.69) is 9.97 Å². The number of carbonyl (C=O) groups is 1. The van der Waals surface area contributed by atoms with Crippen LogP contribution in [-0.4, -0.2) is 37.1 Å². The van der Waals surface area contributed by atoms with Gasteiger partial charge >= 0.3 is 0 Å². The lowest BCUT2D eigenvalue weighted by Gasteiger charge is -2.15. The number of aromatic nitrogens is 2. The van der Waals surface area contributed by atoms with E-state index in [1.54, 1.807) is 0 Å². The van der Waals surface area contributed by atoms with Gasteiger partial charge in [-0.2, -0.15) is 4.98 Å². The van der Waals surface area contributed by atoms with Gasteiger partial charge in [-0.15, -0.1) is 0 Å². The van der Waals surface area contributed by atoms with Crippen LogP contribution < -0.4 is 9.47 Å². The van der Waals surface area contributed by atoms with Gasteiger partial charge in [-0.3, -0.25) is 4.79 Å². The molecule has 0 N–H and O–H groups in total. The molecule has 6 nitrogen and oxygen atoms in total. The summed E-state index contributed by atoms with van der Waals surface area (Å²) in [5, 5.41) is 0. The third-order valence-electron chi connectivity index (χ3n) is 2.93. The van der Waals surface area contributed by atoms with Crippen LogP contribution in [0.25, 0.3) is 0 Å². The van der Waals surface area contributed by atoms with E-state index >= 15 is 0 Å². The second-order valence-corrected chi connectivity index (χ2v) is 4.16. The molecule has 0 fully saturated rings. The molecule has 0 saturated carbocycles. The lowest BCUT2D eigenvalue weighted by atomic mass is 10.0. The number of hydrogen-bond acceptors (Lipinski definition) is 6. The van der Waals surface area contributed by atoms with Crippen LogP contribution in [0.1, 0.15) is 22.2 Å². The summed E-state index contributed by atoms with van der Waals surface area (Å²) in [4.78, 5) is 20.7. The summed E-state index contributed by atoms with van der Waals surface area (Å²) in [7, 11) is 4.36. The first-order valence-electron chi connectivity index (χ1n) is 6.28. The fraction of sp³-hybridized carbons (Fsp3) is 0.267. The maximum Gasteiger partial charge on any atom is 0.246 e. The van der Waals surface area contributed by atoms with Gasteiger partial charge in [-0.25, -0.2) is 4.98 Å².